The van der Waals surface area contributed by atoms with Crippen molar-refractivity contribution in [1.82, 2.24) is 15.2 Å². The minimum Gasteiger partial charge on any atom is -0.396 e. The summed E-state index contributed by atoms with van der Waals surface area (Å²) >= 11 is 1.53. The first-order chi connectivity index (χ1) is 9.86. The van der Waals surface area contributed by atoms with Gasteiger partial charge in [0.2, 0.25) is 5.13 Å². The highest BCUT2D eigenvalue weighted by atomic mass is 32.1. The molecule has 1 aliphatic rings. The summed E-state index contributed by atoms with van der Waals surface area (Å²) in [6.07, 6.45) is 6.17. The van der Waals surface area contributed by atoms with Crippen LogP contribution in [0, 0.1) is 5.92 Å². The Morgan fingerprint density at radius 3 is 3.05 bits per heavy atom. The van der Waals surface area contributed by atoms with Gasteiger partial charge < -0.3 is 10.4 Å². The number of pyridine rings is 1. The highest BCUT2D eigenvalue weighted by Crippen LogP contribution is 2.32. The van der Waals surface area contributed by atoms with Crippen LogP contribution in [0.5, 0.6) is 0 Å². The summed E-state index contributed by atoms with van der Waals surface area (Å²) < 4.78 is 0. The maximum atomic E-state index is 9.10. The van der Waals surface area contributed by atoms with Gasteiger partial charge in [0.25, 0.3) is 0 Å². The van der Waals surface area contributed by atoms with E-state index in [0.29, 0.717) is 12.0 Å². The average Bonchev–Trinajstić information content (AvgIpc) is 3.11. The maximum Gasteiger partial charge on any atom is 0.206 e. The van der Waals surface area contributed by atoms with Crippen molar-refractivity contribution in [2.45, 2.75) is 31.7 Å². The van der Waals surface area contributed by atoms with E-state index in [0.717, 1.165) is 28.7 Å². The smallest absolute Gasteiger partial charge is 0.206 e. The molecule has 1 aliphatic carbocycles. The number of nitrogens with one attached hydrogen (secondary N) is 1. The molecule has 1 fully saturated rings. The van der Waals surface area contributed by atoms with E-state index in [4.69, 9.17) is 5.11 Å². The first-order valence-electron chi connectivity index (χ1n) is 6.99. The molecular weight excluding hydrogens is 272 g/mol. The Bertz CT molecular complexity index is 545. The second-order valence-electron chi connectivity index (χ2n) is 5.08. The van der Waals surface area contributed by atoms with Gasteiger partial charge in [-0.05, 0) is 37.3 Å². The van der Waals surface area contributed by atoms with Crippen LogP contribution < -0.4 is 5.32 Å². The fourth-order valence-electron chi connectivity index (χ4n) is 2.77. The highest BCUT2D eigenvalue weighted by Gasteiger charge is 2.27. The lowest BCUT2D eigenvalue weighted by atomic mass is 10.0. The van der Waals surface area contributed by atoms with E-state index in [1.165, 1.54) is 24.2 Å². The van der Waals surface area contributed by atoms with E-state index in [9.17, 15) is 0 Å². The number of rotatable bonds is 5. The summed E-state index contributed by atoms with van der Waals surface area (Å²) in [7, 11) is 0. The van der Waals surface area contributed by atoms with Gasteiger partial charge in [-0.25, -0.2) is 0 Å². The summed E-state index contributed by atoms with van der Waals surface area (Å²) in [6, 6.07) is 6.19. The third kappa shape index (κ3) is 2.96. The molecule has 2 aromatic rings. The molecule has 0 saturated heterocycles. The SMILES string of the molecule is OCCC1CCCC1Nc1nnc(-c2ccccn2)s1. The van der Waals surface area contributed by atoms with Crippen molar-refractivity contribution in [2.24, 2.45) is 5.92 Å². The standard InChI is InChI=1S/C14H18N4OS/c19-9-7-10-4-3-6-11(10)16-14-18-17-13(20-14)12-5-1-2-8-15-12/h1-2,5,8,10-11,19H,3-4,6-7,9H2,(H,16,18). The molecule has 2 unspecified atom stereocenters. The van der Waals surface area contributed by atoms with Crippen LogP contribution in [0.4, 0.5) is 5.13 Å². The summed E-state index contributed by atoms with van der Waals surface area (Å²) in [5, 5.41) is 22.7. The van der Waals surface area contributed by atoms with Gasteiger partial charge in [0, 0.05) is 18.8 Å². The largest absolute Gasteiger partial charge is 0.396 e. The molecule has 2 atom stereocenters. The number of hydrogen-bond donors (Lipinski definition) is 2. The van der Waals surface area contributed by atoms with Crippen LogP contribution >= 0.6 is 11.3 Å². The third-order valence-electron chi connectivity index (χ3n) is 3.78. The molecule has 2 N–H and O–H groups in total. The van der Waals surface area contributed by atoms with Crippen molar-refractivity contribution in [3.8, 4) is 10.7 Å². The molecule has 0 radical (unpaired) electrons. The van der Waals surface area contributed by atoms with E-state index in [1.807, 2.05) is 18.2 Å². The highest BCUT2D eigenvalue weighted by molar-refractivity contribution is 7.18. The predicted octanol–water partition coefficient (Wildman–Crippen LogP) is 2.56. The van der Waals surface area contributed by atoms with E-state index >= 15 is 0 Å². The number of aliphatic hydroxyl groups excluding tert-OH is 1. The predicted molar refractivity (Wildman–Crippen MR) is 79.6 cm³/mol. The molecule has 20 heavy (non-hydrogen) atoms. The van der Waals surface area contributed by atoms with Crippen molar-refractivity contribution in [3.63, 3.8) is 0 Å². The molecular formula is C14H18N4OS. The Kier molecular flexibility index (Phi) is 4.22. The van der Waals surface area contributed by atoms with Gasteiger partial charge in [-0.2, -0.15) is 0 Å². The van der Waals surface area contributed by atoms with Crippen LogP contribution in [0.3, 0.4) is 0 Å². The lowest BCUT2D eigenvalue weighted by Crippen LogP contribution is -2.24. The summed E-state index contributed by atoms with van der Waals surface area (Å²) in [4.78, 5) is 4.29. The molecule has 106 valence electrons. The van der Waals surface area contributed by atoms with Gasteiger partial charge in [-0.1, -0.05) is 23.8 Å². The summed E-state index contributed by atoms with van der Waals surface area (Å²) in [5.41, 5.74) is 0.858. The maximum absolute atomic E-state index is 9.10. The minimum absolute atomic E-state index is 0.262. The average molecular weight is 290 g/mol. The zero-order valence-electron chi connectivity index (χ0n) is 11.2. The Balaban J connectivity index is 1.68. The van der Waals surface area contributed by atoms with Crippen LogP contribution in [-0.2, 0) is 0 Å². The second kappa shape index (κ2) is 6.28. The minimum atomic E-state index is 0.262. The first kappa shape index (κ1) is 13.5. The first-order valence-corrected chi connectivity index (χ1v) is 7.81. The number of aliphatic hydroxyl groups is 1. The van der Waals surface area contributed by atoms with Crippen LogP contribution in [0.2, 0.25) is 0 Å². The van der Waals surface area contributed by atoms with Gasteiger partial charge in [0.15, 0.2) is 5.01 Å². The van der Waals surface area contributed by atoms with Gasteiger partial charge in [0.05, 0.1) is 0 Å². The van der Waals surface area contributed by atoms with Crippen LogP contribution in [0.15, 0.2) is 24.4 Å². The van der Waals surface area contributed by atoms with Crippen molar-refractivity contribution in [1.29, 1.82) is 0 Å². The zero-order chi connectivity index (χ0) is 13.8. The van der Waals surface area contributed by atoms with Crippen LogP contribution in [0.1, 0.15) is 25.7 Å². The molecule has 2 heterocycles. The molecule has 0 amide bonds. The van der Waals surface area contributed by atoms with E-state index < -0.39 is 0 Å². The van der Waals surface area contributed by atoms with Crippen molar-refractivity contribution >= 4 is 16.5 Å². The monoisotopic (exact) mass is 290 g/mol. The zero-order valence-corrected chi connectivity index (χ0v) is 12.0. The Morgan fingerprint density at radius 2 is 2.25 bits per heavy atom. The fraction of sp³-hybridized carbons (Fsp3) is 0.500. The van der Waals surface area contributed by atoms with Gasteiger partial charge >= 0.3 is 0 Å². The molecule has 5 nitrogen and oxygen atoms in total. The molecule has 0 bridgehead atoms. The molecule has 6 heteroatoms. The molecule has 0 aliphatic heterocycles. The quantitative estimate of drug-likeness (QED) is 0.885. The normalized spacial score (nSPS) is 22.1. The second-order valence-corrected chi connectivity index (χ2v) is 6.06. The Hall–Kier alpha value is -1.53. The lowest BCUT2D eigenvalue weighted by Gasteiger charge is -2.19. The van der Waals surface area contributed by atoms with E-state index in [1.54, 1.807) is 6.20 Å². The number of hydrogen-bond acceptors (Lipinski definition) is 6. The number of nitrogens with zero attached hydrogens (tertiary/aromatic N) is 3. The molecule has 1 saturated carbocycles. The van der Waals surface area contributed by atoms with E-state index in [2.05, 4.69) is 20.5 Å². The topological polar surface area (TPSA) is 70.9 Å². The fourth-order valence-corrected chi connectivity index (χ4v) is 3.55. The van der Waals surface area contributed by atoms with Gasteiger partial charge in [0.1, 0.15) is 5.69 Å². The van der Waals surface area contributed by atoms with Crippen LogP contribution in [0.25, 0.3) is 10.7 Å². The Morgan fingerprint density at radius 1 is 1.30 bits per heavy atom. The third-order valence-corrected chi connectivity index (χ3v) is 4.65. The summed E-state index contributed by atoms with van der Waals surface area (Å²) in [5.74, 6) is 0.544. The van der Waals surface area contributed by atoms with Crippen molar-refractivity contribution < 1.29 is 5.11 Å². The van der Waals surface area contributed by atoms with Gasteiger partial charge in [-0.3, -0.25) is 4.98 Å². The van der Waals surface area contributed by atoms with Crippen LogP contribution in [-0.4, -0.2) is 32.9 Å². The van der Waals surface area contributed by atoms with E-state index in [-0.39, 0.29) is 6.61 Å². The number of anilines is 1. The molecule has 3 rings (SSSR count). The van der Waals surface area contributed by atoms with Gasteiger partial charge in [-0.15, -0.1) is 10.2 Å². The van der Waals surface area contributed by atoms with Crippen molar-refractivity contribution in [3.05, 3.63) is 24.4 Å². The molecule has 0 aromatic carbocycles. The Labute approximate surface area is 122 Å². The molecule has 0 spiro atoms. The van der Waals surface area contributed by atoms with Crippen molar-refractivity contribution in [2.75, 3.05) is 11.9 Å². The summed E-state index contributed by atoms with van der Waals surface area (Å²) in [6.45, 7) is 0.262. The molecule has 2 aromatic heterocycles. The number of aromatic nitrogens is 3. The lowest BCUT2D eigenvalue weighted by molar-refractivity contribution is 0.254.